The van der Waals surface area contributed by atoms with E-state index in [1.54, 1.807) is 4.90 Å². The van der Waals surface area contributed by atoms with Gasteiger partial charge >= 0.3 is 6.36 Å². The van der Waals surface area contributed by atoms with Crippen LogP contribution in [0.4, 0.5) is 13.2 Å². The Hall–Kier alpha value is -0.820. The number of alkyl halides is 3. The fourth-order valence-electron chi connectivity index (χ4n) is 2.74. The molecule has 4 nitrogen and oxygen atoms in total. The third-order valence-electron chi connectivity index (χ3n) is 3.31. The molecule has 2 aliphatic heterocycles. The number of piperazine rings is 1. The van der Waals surface area contributed by atoms with Gasteiger partial charge in [-0.3, -0.25) is 9.53 Å². The number of ether oxygens (including phenoxy) is 1. The fourth-order valence-corrected chi connectivity index (χ4v) is 2.74. The Morgan fingerprint density at radius 3 is 2.29 bits per heavy atom. The van der Waals surface area contributed by atoms with Crippen LogP contribution in [0.5, 0.6) is 0 Å². The zero-order valence-electron chi connectivity index (χ0n) is 9.54. The van der Waals surface area contributed by atoms with Crippen LogP contribution in [0.1, 0.15) is 12.8 Å². The molecule has 0 saturated carbocycles. The highest BCUT2D eigenvalue weighted by molar-refractivity contribution is 5.78. The molecular formula is C10H15F3N2O2. The van der Waals surface area contributed by atoms with Crippen molar-refractivity contribution >= 4 is 5.91 Å². The lowest BCUT2D eigenvalue weighted by atomic mass is 10.2. The standard InChI is InChI=1S/C10H15F3N2O2/c1-14-4-7-2-3-8(5-14)15(7)9(16)6-17-10(11,12)13/h7-8H,2-6H2,1H3. The van der Waals surface area contributed by atoms with E-state index in [1.807, 2.05) is 7.05 Å². The third kappa shape index (κ3) is 2.90. The van der Waals surface area contributed by atoms with Gasteiger partial charge in [0.05, 0.1) is 0 Å². The van der Waals surface area contributed by atoms with Crippen LogP contribution < -0.4 is 0 Å². The minimum Gasteiger partial charge on any atom is -0.332 e. The Balaban J connectivity index is 1.92. The maximum absolute atomic E-state index is 11.9. The number of nitrogens with zero attached hydrogens (tertiary/aromatic N) is 2. The average molecular weight is 252 g/mol. The molecule has 2 aliphatic rings. The molecule has 2 unspecified atom stereocenters. The van der Waals surface area contributed by atoms with Crippen LogP contribution in [0.25, 0.3) is 0 Å². The maximum atomic E-state index is 11.9. The minimum absolute atomic E-state index is 0.0445. The van der Waals surface area contributed by atoms with Crippen LogP contribution in [0.3, 0.4) is 0 Å². The normalized spacial score (nSPS) is 29.8. The van der Waals surface area contributed by atoms with Gasteiger partial charge in [-0.1, -0.05) is 0 Å². The summed E-state index contributed by atoms with van der Waals surface area (Å²) in [5, 5.41) is 0. The maximum Gasteiger partial charge on any atom is 0.523 e. The molecule has 2 fully saturated rings. The number of amides is 1. The molecule has 0 aromatic carbocycles. The molecule has 0 N–H and O–H groups in total. The number of likely N-dealkylation sites (tertiary alicyclic amines) is 1. The van der Waals surface area contributed by atoms with Gasteiger partial charge < -0.3 is 9.80 Å². The summed E-state index contributed by atoms with van der Waals surface area (Å²) in [5.41, 5.74) is 0. The molecule has 0 aromatic heterocycles. The van der Waals surface area contributed by atoms with Crippen LogP contribution in [-0.2, 0) is 9.53 Å². The van der Waals surface area contributed by atoms with E-state index in [0.717, 1.165) is 25.9 Å². The third-order valence-corrected chi connectivity index (χ3v) is 3.31. The second kappa shape index (κ2) is 4.45. The summed E-state index contributed by atoms with van der Waals surface area (Å²) in [6.07, 6.45) is -3.00. The zero-order valence-corrected chi connectivity index (χ0v) is 9.54. The van der Waals surface area contributed by atoms with Crippen molar-refractivity contribution in [3.05, 3.63) is 0 Å². The van der Waals surface area contributed by atoms with Crippen molar-refractivity contribution in [3.8, 4) is 0 Å². The lowest BCUT2D eigenvalue weighted by Crippen LogP contribution is -2.55. The Kier molecular flexibility index (Phi) is 3.31. The van der Waals surface area contributed by atoms with Crippen molar-refractivity contribution in [3.63, 3.8) is 0 Å². The molecule has 0 aliphatic carbocycles. The second-order valence-corrected chi connectivity index (χ2v) is 4.64. The van der Waals surface area contributed by atoms with Gasteiger partial charge in [-0.15, -0.1) is 13.2 Å². The molecule has 0 aromatic rings. The molecule has 98 valence electrons. The van der Waals surface area contributed by atoms with Crippen LogP contribution >= 0.6 is 0 Å². The summed E-state index contributed by atoms with van der Waals surface area (Å²) >= 11 is 0. The average Bonchev–Trinajstić information content (AvgIpc) is 2.47. The highest BCUT2D eigenvalue weighted by atomic mass is 19.4. The Morgan fingerprint density at radius 2 is 1.82 bits per heavy atom. The first-order valence-corrected chi connectivity index (χ1v) is 5.57. The smallest absolute Gasteiger partial charge is 0.332 e. The first kappa shape index (κ1) is 12.6. The zero-order chi connectivity index (χ0) is 12.6. The van der Waals surface area contributed by atoms with Crippen LogP contribution in [0.15, 0.2) is 0 Å². The van der Waals surface area contributed by atoms with Crippen molar-refractivity contribution in [1.29, 1.82) is 0 Å². The predicted octanol–water partition coefficient (Wildman–Crippen LogP) is 0.828. The van der Waals surface area contributed by atoms with E-state index >= 15 is 0 Å². The highest BCUT2D eigenvalue weighted by Crippen LogP contribution is 2.29. The fraction of sp³-hybridized carbons (Fsp3) is 0.900. The van der Waals surface area contributed by atoms with E-state index in [4.69, 9.17) is 0 Å². The summed E-state index contributed by atoms with van der Waals surface area (Å²) < 4.78 is 39.2. The quantitative estimate of drug-likeness (QED) is 0.729. The number of fused-ring (bicyclic) bond motifs is 2. The summed E-state index contributed by atoms with van der Waals surface area (Å²) in [4.78, 5) is 15.4. The van der Waals surface area contributed by atoms with Crippen LogP contribution in [0, 0.1) is 0 Å². The van der Waals surface area contributed by atoms with Gasteiger partial charge in [0.2, 0.25) is 5.91 Å². The topological polar surface area (TPSA) is 32.8 Å². The van der Waals surface area contributed by atoms with Gasteiger partial charge in [-0.05, 0) is 19.9 Å². The summed E-state index contributed by atoms with van der Waals surface area (Å²) in [7, 11) is 1.96. The molecule has 1 amide bonds. The number of hydrogen-bond donors (Lipinski definition) is 0. The van der Waals surface area contributed by atoms with Gasteiger partial charge in [0.25, 0.3) is 0 Å². The Bertz CT molecular complexity index is 294. The molecule has 0 radical (unpaired) electrons. The Labute approximate surface area is 97.3 Å². The van der Waals surface area contributed by atoms with Gasteiger partial charge in [0.15, 0.2) is 0 Å². The van der Waals surface area contributed by atoms with Crippen molar-refractivity contribution in [2.45, 2.75) is 31.3 Å². The van der Waals surface area contributed by atoms with E-state index in [2.05, 4.69) is 9.64 Å². The van der Waals surface area contributed by atoms with E-state index in [1.165, 1.54) is 0 Å². The lowest BCUT2D eigenvalue weighted by Gasteiger charge is -2.39. The lowest BCUT2D eigenvalue weighted by molar-refractivity contribution is -0.322. The number of likely N-dealkylation sites (N-methyl/N-ethyl adjacent to an activating group) is 1. The van der Waals surface area contributed by atoms with E-state index in [-0.39, 0.29) is 12.1 Å². The molecule has 0 spiro atoms. The number of hydrogen-bond acceptors (Lipinski definition) is 3. The first-order valence-electron chi connectivity index (χ1n) is 5.57. The highest BCUT2D eigenvalue weighted by Gasteiger charge is 2.42. The second-order valence-electron chi connectivity index (χ2n) is 4.64. The molecule has 2 saturated heterocycles. The largest absolute Gasteiger partial charge is 0.523 e. The first-order chi connectivity index (χ1) is 7.87. The van der Waals surface area contributed by atoms with E-state index in [9.17, 15) is 18.0 Å². The molecule has 17 heavy (non-hydrogen) atoms. The molecule has 2 rings (SSSR count). The monoisotopic (exact) mass is 252 g/mol. The Morgan fingerprint density at radius 1 is 1.29 bits per heavy atom. The molecule has 7 heteroatoms. The minimum atomic E-state index is -4.73. The summed E-state index contributed by atoms with van der Waals surface area (Å²) in [5.74, 6) is -0.553. The molecule has 2 atom stereocenters. The number of carbonyl (C=O) groups excluding carboxylic acids is 1. The molecule has 2 bridgehead atoms. The summed E-state index contributed by atoms with van der Waals surface area (Å²) in [6.45, 7) is 0.558. The van der Waals surface area contributed by atoms with Crippen molar-refractivity contribution in [2.24, 2.45) is 0 Å². The number of halogens is 3. The van der Waals surface area contributed by atoms with E-state index < -0.39 is 18.9 Å². The van der Waals surface area contributed by atoms with Gasteiger partial charge in [0, 0.05) is 25.2 Å². The van der Waals surface area contributed by atoms with Gasteiger partial charge in [-0.2, -0.15) is 0 Å². The van der Waals surface area contributed by atoms with Crippen LogP contribution in [-0.4, -0.2) is 60.9 Å². The summed E-state index contributed by atoms with van der Waals surface area (Å²) in [6, 6.07) is 0.0890. The number of carbonyl (C=O) groups is 1. The van der Waals surface area contributed by atoms with Crippen molar-refractivity contribution in [2.75, 3.05) is 26.7 Å². The molecular weight excluding hydrogens is 237 g/mol. The predicted molar refractivity (Wildman–Crippen MR) is 53.2 cm³/mol. The van der Waals surface area contributed by atoms with E-state index in [0.29, 0.717) is 0 Å². The van der Waals surface area contributed by atoms with Crippen molar-refractivity contribution < 1.29 is 22.7 Å². The van der Waals surface area contributed by atoms with Gasteiger partial charge in [-0.25, -0.2) is 0 Å². The number of rotatable bonds is 2. The van der Waals surface area contributed by atoms with Gasteiger partial charge in [0.1, 0.15) is 6.61 Å². The van der Waals surface area contributed by atoms with Crippen LogP contribution in [0.2, 0.25) is 0 Å². The van der Waals surface area contributed by atoms with Crippen molar-refractivity contribution in [1.82, 2.24) is 9.80 Å². The molecule has 2 heterocycles. The SMILES string of the molecule is CN1CC2CCC(C1)N2C(=O)COC(F)(F)F.